The van der Waals surface area contributed by atoms with E-state index < -0.39 is 0 Å². The van der Waals surface area contributed by atoms with Crippen molar-refractivity contribution in [1.29, 1.82) is 15.8 Å². The molecule has 0 bridgehead atoms. The minimum absolute atomic E-state index is 0.589. The van der Waals surface area contributed by atoms with E-state index in [1.165, 1.54) is 0 Å². The molecule has 9 aromatic rings. The molecule has 3 heteroatoms. The van der Waals surface area contributed by atoms with Crippen LogP contribution in [0, 0.1) is 34.0 Å². The molecule has 60 heavy (non-hydrogen) atoms. The Balaban J connectivity index is 0.988. The van der Waals surface area contributed by atoms with Crippen LogP contribution in [-0.4, -0.2) is 0 Å². The molecule has 0 aliphatic heterocycles. The van der Waals surface area contributed by atoms with Crippen LogP contribution in [0.25, 0.3) is 89.0 Å². The zero-order valence-corrected chi connectivity index (χ0v) is 32.5. The average Bonchev–Trinajstić information content (AvgIpc) is 3.34. The van der Waals surface area contributed by atoms with Crippen molar-refractivity contribution in [2.75, 3.05) is 0 Å². The summed E-state index contributed by atoms with van der Waals surface area (Å²) in [6.07, 6.45) is 0. The summed E-state index contributed by atoms with van der Waals surface area (Å²) in [7, 11) is 0. The van der Waals surface area contributed by atoms with Crippen molar-refractivity contribution in [3.63, 3.8) is 0 Å². The Morgan fingerprint density at radius 1 is 0.200 bits per heavy atom. The van der Waals surface area contributed by atoms with Gasteiger partial charge in [0.25, 0.3) is 0 Å². The summed E-state index contributed by atoms with van der Waals surface area (Å²) in [6, 6.07) is 78.9. The summed E-state index contributed by atoms with van der Waals surface area (Å²) in [4.78, 5) is 0. The van der Waals surface area contributed by atoms with Crippen LogP contribution >= 0.6 is 0 Å². The molecule has 9 rings (SSSR count). The molecule has 0 atom stereocenters. The van der Waals surface area contributed by atoms with E-state index in [1.807, 2.05) is 115 Å². The first-order chi connectivity index (χ1) is 29.6. The molecule has 9 aromatic carbocycles. The second-order valence-electron chi connectivity index (χ2n) is 14.7. The SMILES string of the molecule is N#Cc1cc(-c2ccccc2)ccc1-c1cccc(-c2cccc(-c3ccc(-c4cccc(-c5cccc(-c6ccc(-c7ccccc7)cc6C#N)c5)c4)c(C#N)c3)c2)c1. The molecule has 0 unspecified atom stereocenters. The average molecular weight is 762 g/mol. The van der Waals surface area contributed by atoms with Gasteiger partial charge in [0.2, 0.25) is 0 Å². The summed E-state index contributed by atoms with van der Waals surface area (Å²) >= 11 is 0. The van der Waals surface area contributed by atoms with Gasteiger partial charge in [0.05, 0.1) is 34.9 Å². The predicted molar refractivity (Wildman–Crippen MR) is 244 cm³/mol. The summed E-state index contributed by atoms with van der Waals surface area (Å²) in [6.45, 7) is 0. The highest BCUT2D eigenvalue weighted by Gasteiger charge is 2.14. The molecule has 0 heterocycles. The van der Waals surface area contributed by atoms with E-state index in [1.54, 1.807) is 0 Å². The van der Waals surface area contributed by atoms with Crippen LogP contribution in [0.15, 0.2) is 212 Å². The molecule has 0 saturated heterocycles. The van der Waals surface area contributed by atoms with E-state index in [2.05, 4.69) is 115 Å². The third kappa shape index (κ3) is 7.49. The molecular formula is C57H35N3. The number of nitriles is 3. The largest absolute Gasteiger partial charge is 0.192 e. The summed E-state index contributed by atoms with van der Waals surface area (Å²) in [5, 5.41) is 30.7. The van der Waals surface area contributed by atoms with Crippen molar-refractivity contribution in [3.05, 3.63) is 229 Å². The second kappa shape index (κ2) is 16.5. The molecule has 0 radical (unpaired) electrons. The maximum Gasteiger partial charge on any atom is 0.0998 e. The lowest BCUT2D eigenvalue weighted by molar-refractivity contribution is 1.47. The molecule has 0 saturated carbocycles. The molecule has 0 aliphatic rings. The fourth-order valence-corrected chi connectivity index (χ4v) is 7.94. The maximum absolute atomic E-state index is 10.4. The molecule has 0 amide bonds. The van der Waals surface area contributed by atoms with Gasteiger partial charge < -0.3 is 0 Å². The molecule has 0 aromatic heterocycles. The van der Waals surface area contributed by atoms with Gasteiger partial charge >= 0.3 is 0 Å². The highest BCUT2D eigenvalue weighted by molar-refractivity contribution is 5.85. The van der Waals surface area contributed by atoms with Gasteiger partial charge in [-0.25, -0.2) is 0 Å². The normalized spacial score (nSPS) is 10.6. The molecule has 0 spiro atoms. The highest BCUT2D eigenvalue weighted by atomic mass is 14.3. The third-order valence-electron chi connectivity index (χ3n) is 11.0. The molecule has 0 aliphatic carbocycles. The number of rotatable bonds is 8. The van der Waals surface area contributed by atoms with Gasteiger partial charge in [0.1, 0.15) is 0 Å². The van der Waals surface area contributed by atoms with Crippen LogP contribution in [0.2, 0.25) is 0 Å². The maximum atomic E-state index is 10.4. The zero-order valence-electron chi connectivity index (χ0n) is 32.5. The predicted octanol–water partition coefficient (Wildman–Crippen LogP) is 14.6. The van der Waals surface area contributed by atoms with Crippen LogP contribution in [0.5, 0.6) is 0 Å². The van der Waals surface area contributed by atoms with Gasteiger partial charge in [-0.2, -0.15) is 15.8 Å². The van der Waals surface area contributed by atoms with Crippen molar-refractivity contribution in [1.82, 2.24) is 0 Å². The highest BCUT2D eigenvalue weighted by Crippen LogP contribution is 2.37. The molecule has 0 fully saturated rings. The monoisotopic (exact) mass is 761 g/mol. The first-order valence-corrected chi connectivity index (χ1v) is 19.7. The molecule has 278 valence electrons. The number of benzene rings is 9. The van der Waals surface area contributed by atoms with E-state index in [-0.39, 0.29) is 0 Å². The standard InChI is InChI=1S/C57H35N3/c58-36-52-33-46(39-11-3-1-4-12-39)23-26-55(52)49-20-8-17-43(30-49)41-15-7-16-42(29-41)48-25-28-57(54(35-48)38-60)51-22-10-19-45(32-51)44-18-9-21-50(31-44)56-27-24-47(34-53(56)37-59)40-13-5-2-6-14-40/h1-35H. The quantitative estimate of drug-likeness (QED) is 0.155. The summed E-state index contributed by atoms with van der Waals surface area (Å²) < 4.78 is 0. The molecule has 0 N–H and O–H groups in total. The van der Waals surface area contributed by atoms with Crippen LogP contribution < -0.4 is 0 Å². The lowest BCUT2D eigenvalue weighted by Gasteiger charge is -2.13. The zero-order chi connectivity index (χ0) is 40.8. The minimum atomic E-state index is 0.589. The Labute approximate surface area is 350 Å². The Morgan fingerprint density at radius 3 is 0.733 bits per heavy atom. The summed E-state index contributed by atoms with van der Waals surface area (Å²) in [5.41, 5.74) is 17.6. The minimum Gasteiger partial charge on any atom is -0.192 e. The Hall–Kier alpha value is -8.55. The van der Waals surface area contributed by atoms with Gasteiger partial charge in [0.15, 0.2) is 0 Å². The first kappa shape index (κ1) is 37.1. The Bertz CT molecular complexity index is 3180. The fourth-order valence-electron chi connectivity index (χ4n) is 7.94. The van der Waals surface area contributed by atoms with Gasteiger partial charge in [-0.15, -0.1) is 0 Å². The van der Waals surface area contributed by atoms with Gasteiger partial charge in [-0.05, 0) is 131 Å². The van der Waals surface area contributed by atoms with Crippen molar-refractivity contribution in [2.24, 2.45) is 0 Å². The Kier molecular flexibility index (Phi) is 10.2. The van der Waals surface area contributed by atoms with Crippen molar-refractivity contribution in [3.8, 4) is 107 Å². The van der Waals surface area contributed by atoms with Gasteiger partial charge in [-0.1, -0.05) is 170 Å². The van der Waals surface area contributed by atoms with Gasteiger partial charge in [-0.3, -0.25) is 0 Å². The van der Waals surface area contributed by atoms with E-state index >= 15 is 0 Å². The number of hydrogen-bond donors (Lipinski definition) is 0. The topological polar surface area (TPSA) is 71.4 Å². The molecule has 3 nitrogen and oxygen atoms in total. The number of nitrogens with zero attached hydrogens (tertiary/aromatic N) is 3. The summed E-state index contributed by atoms with van der Waals surface area (Å²) in [5.74, 6) is 0. The van der Waals surface area contributed by atoms with E-state index in [0.717, 1.165) is 89.0 Å². The number of hydrogen-bond acceptors (Lipinski definition) is 3. The van der Waals surface area contributed by atoms with E-state index in [0.29, 0.717) is 16.7 Å². The van der Waals surface area contributed by atoms with Crippen molar-refractivity contribution >= 4 is 0 Å². The molecular weight excluding hydrogens is 727 g/mol. The van der Waals surface area contributed by atoms with Crippen LogP contribution in [0.4, 0.5) is 0 Å². The smallest absolute Gasteiger partial charge is 0.0998 e. The van der Waals surface area contributed by atoms with Gasteiger partial charge in [0, 0.05) is 0 Å². The third-order valence-corrected chi connectivity index (χ3v) is 11.0. The second-order valence-corrected chi connectivity index (χ2v) is 14.7. The van der Waals surface area contributed by atoms with Crippen molar-refractivity contribution in [2.45, 2.75) is 0 Å². The van der Waals surface area contributed by atoms with E-state index in [4.69, 9.17) is 0 Å². The fraction of sp³-hybridized carbons (Fsp3) is 0. The lowest BCUT2D eigenvalue weighted by atomic mass is 9.91. The van der Waals surface area contributed by atoms with Crippen LogP contribution in [-0.2, 0) is 0 Å². The Morgan fingerprint density at radius 2 is 0.433 bits per heavy atom. The lowest BCUT2D eigenvalue weighted by Crippen LogP contribution is -1.90. The van der Waals surface area contributed by atoms with Crippen LogP contribution in [0.1, 0.15) is 16.7 Å². The van der Waals surface area contributed by atoms with E-state index in [9.17, 15) is 15.8 Å². The van der Waals surface area contributed by atoms with Crippen molar-refractivity contribution < 1.29 is 0 Å². The first-order valence-electron chi connectivity index (χ1n) is 19.7. The van der Waals surface area contributed by atoms with Crippen LogP contribution in [0.3, 0.4) is 0 Å².